The van der Waals surface area contributed by atoms with Gasteiger partial charge in [0.1, 0.15) is 11.4 Å². The highest BCUT2D eigenvalue weighted by atomic mass is 16.5. The zero-order valence-corrected chi connectivity index (χ0v) is 16.7. The zero-order valence-electron chi connectivity index (χ0n) is 16.7. The standard InChI is InChI=1S/C22H22N4O5/c27-20(28)12-31-16-3-1-15(2-4-16)21(29)25-13-22(30)7-10-26(14-22)19-6-9-24-18-5-8-23-11-17(18)19/h1-6,8-9,11,30H,7,10,12-14H2,(H,25,29)(H,27,28)/t22-/m1/s1. The molecule has 1 aromatic carbocycles. The molecule has 9 heteroatoms. The highest BCUT2D eigenvalue weighted by Gasteiger charge is 2.37. The second-order valence-electron chi connectivity index (χ2n) is 7.51. The maximum absolute atomic E-state index is 12.5. The Bertz CT molecular complexity index is 1100. The summed E-state index contributed by atoms with van der Waals surface area (Å²) in [5.41, 5.74) is 1.13. The summed E-state index contributed by atoms with van der Waals surface area (Å²) in [5, 5.41) is 23.3. The molecule has 160 valence electrons. The van der Waals surface area contributed by atoms with Gasteiger partial charge < -0.3 is 25.2 Å². The maximum atomic E-state index is 12.5. The third-order valence-electron chi connectivity index (χ3n) is 5.25. The van der Waals surface area contributed by atoms with Crippen molar-refractivity contribution in [1.82, 2.24) is 15.3 Å². The molecule has 4 rings (SSSR count). The average Bonchev–Trinajstić information content (AvgIpc) is 3.18. The number of nitrogens with one attached hydrogen (secondary N) is 1. The van der Waals surface area contributed by atoms with Crippen molar-refractivity contribution in [2.24, 2.45) is 0 Å². The second kappa shape index (κ2) is 8.57. The topological polar surface area (TPSA) is 125 Å². The van der Waals surface area contributed by atoms with Crippen LogP contribution in [0.3, 0.4) is 0 Å². The number of carbonyl (C=O) groups is 2. The van der Waals surface area contributed by atoms with Gasteiger partial charge in [0.15, 0.2) is 6.61 Å². The molecular weight excluding hydrogens is 400 g/mol. The van der Waals surface area contributed by atoms with Crippen LogP contribution in [0.15, 0.2) is 55.0 Å². The Labute approximate surface area is 178 Å². The number of rotatable bonds is 7. The summed E-state index contributed by atoms with van der Waals surface area (Å²) in [6.45, 7) is 0.692. The van der Waals surface area contributed by atoms with Gasteiger partial charge in [0.25, 0.3) is 5.91 Å². The summed E-state index contributed by atoms with van der Waals surface area (Å²) in [5.74, 6) is -1.03. The van der Waals surface area contributed by atoms with Crippen LogP contribution in [0.2, 0.25) is 0 Å². The van der Waals surface area contributed by atoms with Crippen LogP contribution >= 0.6 is 0 Å². The molecule has 0 spiro atoms. The number of carboxylic acids is 1. The van der Waals surface area contributed by atoms with E-state index in [1.165, 1.54) is 12.1 Å². The summed E-state index contributed by atoms with van der Waals surface area (Å²) in [4.78, 5) is 33.6. The maximum Gasteiger partial charge on any atom is 0.341 e. The van der Waals surface area contributed by atoms with Crippen LogP contribution in [-0.4, -0.2) is 63.9 Å². The number of β-amino-alcohol motifs (C(OH)–C–C–N with tert-alkyl or cyclic N) is 1. The second-order valence-corrected chi connectivity index (χ2v) is 7.51. The van der Waals surface area contributed by atoms with E-state index >= 15 is 0 Å². The lowest BCUT2D eigenvalue weighted by atomic mass is 10.0. The number of amides is 1. The van der Waals surface area contributed by atoms with Gasteiger partial charge in [0.05, 0.1) is 5.52 Å². The average molecular weight is 422 g/mol. The zero-order chi connectivity index (χ0) is 21.8. The van der Waals surface area contributed by atoms with Gasteiger partial charge in [0, 0.05) is 54.9 Å². The lowest BCUT2D eigenvalue weighted by Gasteiger charge is -2.25. The molecule has 31 heavy (non-hydrogen) atoms. The van der Waals surface area contributed by atoms with Crippen LogP contribution in [0.4, 0.5) is 5.69 Å². The largest absolute Gasteiger partial charge is 0.482 e. The SMILES string of the molecule is O=C(O)COc1ccc(C(=O)NC[C@]2(O)CCN(c3ccnc4ccncc34)C2)cc1. The molecule has 0 aliphatic carbocycles. The van der Waals surface area contributed by atoms with Crippen LogP contribution < -0.4 is 15.0 Å². The number of pyridine rings is 2. The van der Waals surface area contributed by atoms with Crippen LogP contribution in [-0.2, 0) is 4.79 Å². The van der Waals surface area contributed by atoms with Crippen LogP contribution in [0.1, 0.15) is 16.8 Å². The molecule has 0 saturated carbocycles. The molecule has 9 nitrogen and oxygen atoms in total. The summed E-state index contributed by atoms with van der Waals surface area (Å²) in [6.07, 6.45) is 5.71. The van der Waals surface area contributed by atoms with E-state index in [0.29, 0.717) is 30.8 Å². The van der Waals surface area contributed by atoms with Crippen molar-refractivity contribution in [2.45, 2.75) is 12.0 Å². The van der Waals surface area contributed by atoms with Crippen molar-refractivity contribution in [1.29, 1.82) is 0 Å². The molecular formula is C22H22N4O5. The lowest BCUT2D eigenvalue weighted by molar-refractivity contribution is -0.139. The van der Waals surface area contributed by atoms with E-state index in [1.54, 1.807) is 30.7 Å². The fourth-order valence-electron chi connectivity index (χ4n) is 3.65. The Morgan fingerprint density at radius 2 is 1.97 bits per heavy atom. The first-order chi connectivity index (χ1) is 14.9. The van der Waals surface area contributed by atoms with Crippen molar-refractivity contribution in [3.05, 3.63) is 60.6 Å². The molecule has 3 heterocycles. The van der Waals surface area contributed by atoms with E-state index in [0.717, 1.165) is 16.6 Å². The van der Waals surface area contributed by atoms with E-state index in [2.05, 4.69) is 20.2 Å². The number of aliphatic carboxylic acids is 1. The quantitative estimate of drug-likeness (QED) is 0.523. The minimum absolute atomic E-state index is 0.112. The van der Waals surface area contributed by atoms with Gasteiger partial charge in [-0.25, -0.2) is 4.79 Å². The Morgan fingerprint density at radius 3 is 2.74 bits per heavy atom. The van der Waals surface area contributed by atoms with Crippen molar-refractivity contribution < 1.29 is 24.5 Å². The molecule has 0 radical (unpaired) electrons. The number of carbonyl (C=O) groups excluding carboxylic acids is 1. The first-order valence-corrected chi connectivity index (χ1v) is 9.82. The van der Waals surface area contributed by atoms with Crippen molar-refractivity contribution >= 4 is 28.5 Å². The Kier molecular flexibility index (Phi) is 5.68. The molecule has 1 saturated heterocycles. The van der Waals surface area contributed by atoms with Gasteiger partial charge in [-0.1, -0.05) is 0 Å². The number of ether oxygens (including phenoxy) is 1. The molecule has 2 aromatic heterocycles. The third-order valence-corrected chi connectivity index (χ3v) is 5.25. The normalized spacial score (nSPS) is 18.2. The first-order valence-electron chi connectivity index (χ1n) is 9.82. The number of hydrogen-bond acceptors (Lipinski definition) is 7. The fourth-order valence-corrected chi connectivity index (χ4v) is 3.65. The summed E-state index contributed by atoms with van der Waals surface area (Å²) in [6, 6.07) is 9.92. The molecule has 1 aliphatic heterocycles. The number of fused-ring (bicyclic) bond motifs is 1. The van der Waals surface area contributed by atoms with Crippen molar-refractivity contribution in [3.63, 3.8) is 0 Å². The highest BCUT2D eigenvalue weighted by molar-refractivity contribution is 5.94. The number of carboxylic acid groups (broad SMARTS) is 1. The number of aromatic nitrogens is 2. The first kappa shape index (κ1) is 20.5. The number of anilines is 1. The Hall–Kier alpha value is -3.72. The minimum atomic E-state index is -1.07. The predicted octanol–water partition coefficient (Wildman–Crippen LogP) is 1.46. The highest BCUT2D eigenvalue weighted by Crippen LogP contribution is 2.31. The minimum Gasteiger partial charge on any atom is -0.482 e. The van der Waals surface area contributed by atoms with Crippen molar-refractivity contribution in [2.75, 3.05) is 31.1 Å². The summed E-state index contributed by atoms with van der Waals surface area (Å²) >= 11 is 0. The molecule has 3 N–H and O–H groups in total. The van der Waals surface area contributed by atoms with Gasteiger partial charge in [-0.05, 0) is 42.8 Å². The summed E-state index contributed by atoms with van der Waals surface area (Å²) < 4.78 is 5.06. The Morgan fingerprint density at radius 1 is 1.16 bits per heavy atom. The van der Waals surface area contributed by atoms with Gasteiger partial charge in [-0.2, -0.15) is 0 Å². The third kappa shape index (κ3) is 4.72. The molecule has 1 amide bonds. The molecule has 3 aromatic rings. The van der Waals surface area contributed by atoms with E-state index in [1.807, 2.05) is 12.1 Å². The van der Waals surface area contributed by atoms with Crippen LogP contribution in [0.25, 0.3) is 10.9 Å². The van der Waals surface area contributed by atoms with Crippen molar-refractivity contribution in [3.8, 4) is 5.75 Å². The van der Waals surface area contributed by atoms with Crippen LogP contribution in [0, 0.1) is 0 Å². The lowest BCUT2D eigenvalue weighted by Crippen LogP contribution is -2.45. The smallest absolute Gasteiger partial charge is 0.341 e. The van der Waals surface area contributed by atoms with E-state index < -0.39 is 18.2 Å². The van der Waals surface area contributed by atoms with Gasteiger partial charge in [-0.15, -0.1) is 0 Å². The molecule has 0 bridgehead atoms. The Balaban J connectivity index is 1.36. The van der Waals surface area contributed by atoms with E-state index in [-0.39, 0.29) is 12.5 Å². The van der Waals surface area contributed by atoms with Gasteiger partial charge >= 0.3 is 5.97 Å². The number of nitrogens with zero attached hydrogens (tertiary/aromatic N) is 3. The van der Waals surface area contributed by atoms with E-state index in [4.69, 9.17) is 9.84 Å². The van der Waals surface area contributed by atoms with E-state index in [9.17, 15) is 14.7 Å². The number of hydrogen-bond donors (Lipinski definition) is 3. The van der Waals surface area contributed by atoms with Gasteiger partial charge in [-0.3, -0.25) is 14.8 Å². The van der Waals surface area contributed by atoms with Crippen LogP contribution in [0.5, 0.6) is 5.75 Å². The summed E-state index contributed by atoms with van der Waals surface area (Å²) in [7, 11) is 0. The molecule has 1 atom stereocenters. The van der Waals surface area contributed by atoms with Gasteiger partial charge in [0.2, 0.25) is 0 Å². The number of aliphatic hydroxyl groups is 1. The number of benzene rings is 1. The molecule has 0 unspecified atom stereocenters. The monoisotopic (exact) mass is 422 g/mol. The molecule has 1 aliphatic rings. The predicted molar refractivity (Wildman–Crippen MR) is 113 cm³/mol. The fraction of sp³-hybridized carbons (Fsp3) is 0.273. The molecule has 1 fully saturated rings.